The maximum absolute atomic E-state index is 12.4. The van der Waals surface area contributed by atoms with Gasteiger partial charge in [-0.15, -0.1) is 0 Å². The van der Waals surface area contributed by atoms with Crippen LogP contribution in [0, 0.1) is 20.8 Å². The largest absolute Gasteiger partial charge is 0.465 e. The molecule has 0 atom stereocenters. The van der Waals surface area contributed by atoms with Gasteiger partial charge in [0.2, 0.25) is 5.91 Å². The molecule has 0 aromatic carbocycles. The second kappa shape index (κ2) is 7.55. The third-order valence-corrected chi connectivity index (χ3v) is 4.44. The monoisotopic (exact) mass is 347 g/mol. The zero-order chi connectivity index (χ0) is 18.7. The van der Waals surface area contributed by atoms with Gasteiger partial charge in [0.15, 0.2) is 0 Å². The standard InChI is InChI=1S/C18H25N3O4/c1-11-15(12(2)21(5)19-11)7-8-17(22)20(4)10-14-9-16(13(3)25-14)18(23)24-6/h9H,7-8,10H2,1-6H3. The Hall–Kier alpha value is -2.57. The molecule has 2 aromatic rings. The SMILES string of the molecule is COC(=O)c1cc(CN(C)C(=O)CCc2c(C)nn(C)c2C)oc1C. The predicted octanol–water partition coefficient (Wildman–Crippen LogP) is 2.32. The van der Waals surface area contributed by atoms with Crippen molar-refractivity contribution in [3.05, 3.63) is 40.1 Å². The third-order valence-electron chi connectivity index (χ3n) is 4.44. The lowest BCUT2D eigenvalue weighted by atomic mass is 10.1. The Kier molecular flexibility index (Phi) is 5.66. The predicted molar refractivity (Wildman–Crippen MR) is 92.3 cm³/mol. The summed E-state index contributed by atoms with van der Waals surface area (Å²) in [5, 5.41) is 4.37. The number of carbonyl (C=O) groups excluding carboxylic acids is 2. The van der Waals surface area contributed by atoms with Crippen LogP contribution < -0.4 is 0 Å². The lowest BCUT2D eigenvalue weighted by Crippen LogP contribution is -2.26. The summed E-state index contributed by atoms with van der Waals surface area (Å²) < 4.78 is 12.1. The van der Waals surface area contributed by atoms with Gasteiger partial charge in [-0.25, -0.2) is 4.79 Å². The molecule has 2 rings (SSSR count). The maximum Gasteiger partial charge on any atom is 0.341 e. The fourth-order valence-corrected chi connectivity index (χ4v) is 2.86. The first-order valence-corrected chi connectivity index (χ1v) is 8.15. The van der Waals surface area contributed by atoms with Crippen molar-refractivity contribution in [1.29, 1.82) is 0 Å². The molecule has 0 saturated carbocycles. The number of methoxy groups -OCH3 is 1. The van der Waals surface area contributed by atoms with Gasteiger partial charge in [-0.05, 0) is 38.8 Å². The topological polar surface area (TPSA) is 77.6 Å². The van der Waals surface area contributed by atoms with Crippen molar-refractivity contribution in [3.8, 4) is 0 Å². The van der Waals surface area contributed by atoms with E-state index in [0.717, 1.165) is 17.0 Å². The number of hydrogen-bond donors (Lipinski definition) is 0. The van der Waals surface area contributed by atoms with Gasteiger partial charge in [0, 0.05) is 26.2 Å². The van der Waals surface area contributed by atoms with E-state index in [-0.39, 0.29) is 5.91 Å². The lowest BCUT2D eigenvalue weighted by Gasteiger charge is -2.15. The average molecular weight is 347 g/mol. The van der Waals surface area contributed by atoms with Crippen molar-refractivity contribution < 1.29 is 18.7 Å². The van der Waals surface area contributed by atoms with E-state index in [2.05, 4.69) is 5.10 Å². The van der Waals surface area contributed by atoms with E-state index >= 15 is 0 Å². The van der Waals surface area contributed by atoms with Crippen LogP contribution in [0.4, 0.5) is 0 Å². The van der Waals surface area contributed by atoms with E-state index in [1.807, 2.05) is 25.6 Å². The van der Waals surface area contributed by atoms with Crippen LogP contribution >= 0.6 is 0 Å². The quantitative estimate of drug-likeness (QED) is 0.750. The van der Waals surface area contributed by atoms with Gasteiger partial charge in [-0.3, -0.25) is 9.48 Å². The van der Waals surface area contributed by atoms with E-state index in [1.165, 1.54) is 7.11 Å². The molecule has 25 heavy (non-hydrogen) atoms. The molecule has 2 heterocycles. The summed E-state index contributed by atoms with van der Waals surface area (Å²) in [5.41, 5.74) is 3.54. The number of esters is 1. The fourth-order valence-electron chi connectivity index (χ4n) is 2.86. The second-order valence-electron chi connectivity index (χ2n) is 6.20. The molecule has 7 nitrogen and oxygen atoms in total. The summed E-state index contributed by atoms with van der Waals surface area (Å²) in [5.74, 6) is 0.618. The number of hydrogen-bond acceptors (Lipinski definition) is 5. The summed E-state index contributed by atoms with van der Waals surface area (Å²) in [6.45, 7) is 5.97. The Bertz CT molecular complexity index is 789. The number of furan rings is 1. The van der Waals surface area contributed by atoms with Crippen molar-refractivity contribution in [2.24, 2.45) is 7.05 Å². The summed E-state index contributed by atoms with van der Waals surface area (Å²) >= 11 is 0. The van der Waals surface area contributed by atoms with Gasteiger partial charge < -0.3 is 14.1 Å². The van der Waals surface area contributed by atoms with Gasteiger partial charge in [-0.1, -0.05) is 0 Å². The number of amides is 1. The Morgan fingerprint density at radius 2 is 2.00 bits per heavy atom. The highest BCUT2D eigenvalue weighted by Gasteiger charge is 2.18. The first-order valence-electron chi connectivity index (χ1n) is 8.15. The van der Waals surface area contributed by atoms with E-state index in [4.69, 9.17) is 9.15 Å². The van der Waals surface area contributed by atoms with Gasteiger partial charge >= 0.3 is 5.97 Å². The van der Waals surface area contributed by atoms with Crippen LogP contribution in [0.2, 0.25) is 0 Å². The average Bonchev–Trinajstić information content (AvgIpc) is 3.04. The lowest BCUT2D eigenvalue weighted by molar-refractivity contribution is -0.130. The summed E-state index contributed by atoms with van der Waals surface area (Å²) in [7, 11) is 4.95. The fraction of sp³-hybridized carbons (Fsp3) is 0.500. The molecule has 0 bridgehead atoms. The van der Waals surface area contributed by atoms with Gasteiger partial charge in [0.05, 0.1) is 19.3 Å². The van der Waals surface area contributed by atoms with Crippen LogP contribution in [-0.2, 0) is 29.5 Å². The van der Waals surface area contributed by atoms with E-state index in [1.54, 1.807) is 24.9 Å². The zero-order valence-electron chi connectivity index (χ0n) is 15.7. The first-order chi connectivity index (χ1) is 11.7. The molecule has 136 valence electrons. The minimum absolute atomic E-state index is 0.0105. The van der Waals surface area contributed by atoms with Crippen LogP contribution in [-0.4, -0.2) is 40.7 Å². The third kappa shape index (κ3) is 4.10. The van der Waals surface area contributed by atoms with Crippen LogP contribution in [0.1, 0.15) is 45.3 Å². The molecule has 0 saturated heterocycles. The molecule has 0 fully saturated rings. The van der Waals surface area contributed by atoms with Gasteiger partial charge in [0.25, 0.3) is 0 Å². The number of aryl methyl sites for hydroxylation is 3. The number of aromatic nitrogens is 2. The molecule has 0 unspecified atom stereocenters. The molecule has 0 radical (unpaired) electrons. The van der Waals surface area contributed by atoms with Crippen LogP contribution in [0.15, 0.2) is 10.5 Å². The molecule has 0 aliphatic carbocycles. The number of ether oxygens (including phenoxy) is 1. The highest BCUT2D eigenvalue weighted by atomic mass is 16.5. The summed E-state index contributed by atoms with van der Waals surface area (Å²) in [6, 6.07) is 1.63. The Balaban J connectivity index is 1.97. The first kappa shape index (κ1) is 18.8. The van der Waals surface area contributed by atoms with Crippen molar-refractivity contribution in [2.75, 3.05) is 14.2 Å². The number of rotatable bonds is 6. The van der Waals surface area contributed by atoms with Crippen molar-refractivity contribution in [2.45, 2.75) is 40.2 Å². The molecule has 0 N–H and O–H groups in total. The second-order valence-corrected chi connectivity index (χ2v) is 6.20. The molecular weight excluding hydrogens is 322 g/mol. The Labute approximate surface area is 147 Å². The number of nitrogens with zero attached hydrogens (tertiary/aromatic N) is 3. The van der Waals surface area contributed by atoms with E-state index in [0.29, 0.717) is 36.5 Å². The van der Waals surface area contributed by atoms with Crippen LogP contribution in [0.5, 0.6) is 0 Å². The van der Waals surface area contributed by atoms with E-state index < -0.39 is 5.97 Å². The molecule has 2 aromatic heterocycles. The molecular formula is C18H25N3O4. The molecule has 0 aliphatic heterocycles. The van der Waals surface area contributed by atoms with Crippen molar-refractivity contribution >= 4 is 11.9 Å². The van der Waals surface area contributed by atoms with Crippen molar-refractivity contribution in [1.82, 2.24) is 14.7 Å². The van der Waals surface area contributed by atoms with Crippen molar-refractivity contribution in [3.63, 3.8) is 0 Å². The Morgan fingerprint density at radius 1 is 1.32 bits per heavy atom. The van der Waals surface area contributed by atoms with Crippen LogP contribution in [0.3, 0.4) is 0 Å². The molecule has 1 amide bonds. The molecule has 0 aliphatic rings. The summed E-state index contributed by atoms with van der Waals surface area (Å²) in [4.78, 5) is 25.6. The molecule has 7 heteroatoms. The summed E-state index contributed by atoms with van der Waals surface area (Å²) in [6.07, 6.45) is 1.05. The maximum atomic E-state index is 12.4. The zero-order valence-corrected chi connectivity index (χ0v) is 15.7. The Morgan fingerprint density at radius 3 is 2.56 bits per heavy atom. The highest BCUT2D eigenvalue weighted by molar-refractivity contribution is 5.90. The van der Waals surface area contributed by atoms with Crippen LogP contribution in [0.25, 0.3) is 0 Å². The van der Waals surface area contributed by atoms with Gasteiger partial charge in [-0.2, -0.15) is 5.10 Å². The minimum atomic E-state index is -0.441. The normalized spacial score (nSPS) is 10.8. The smallest absolute Gasteiger partial charge is 0.341 e. The minimum Gasteiger partial charge on any atom is -0.465 e. The van der Waals surface area contributed by atoms with E-state index in [9.17, 15) is 9.59 Å². The molecule has 0 spiro atoms. The highest BCUT2D eigenvalue weighted by Crippen LogP contribution is 2.18. The van der Waals surface area contributed by atoms with Gasteiger partial charge in [0.1, 0.15) is 17.1 Å². The number of carbonyl (C=O) groups is 2.